The van der Waals surface area contributed by atoms with Gasteiger partial charge in [0.15, 0.2) is 0 Å². The van der Waals surface area contributed by atoms with E-state index in [0.29, 0.717) is 17.1 Å². The molecule has 0 fully saturated rings. The Labute approximate surface area is 712 Å². The molecule has 0 radical (unpaired) electrons. The van der Waals surface area contributed by atoms with Gasteiger partial charge >= 0.3 is 0 Å². The summed E-state index contributed by atoms with van der Waals surface area (Å²) in [5.74, 6) is -0.960. The van der Waals surface area contributed by atoms with Crippen LogP contribution in [-0.4, -0.2) is 0 Å². The van der Waals surface area contributed by atoms with Crippen LogP contribution in [-0.2, 0) is 0 Å². The van der Waals surface area contributed by atoms with Gasteiger partial charge in [-0.15, -0.1) is 0 Å². The van der Waals surface area contributed by atoms with Gasteiger partial charge < -0.3 is 39.2 Å². The molecule has 0 atom stereocenters. The second-order valence-corrected chi connectivity index (χ2v) is 29.6. The van der Waals surface area contributed by atoms with Crippen LogP contribution in [0.4, 0.5) is 150 Å². The average Bonchev–Trinajstić information content (AvgIpc) is 0.764. The Bertz CT molecular complexity index is 5720. The van der Waals surface area contributed by atoms with E-state index in [4.69, 9.17) is 0 Å². The summed E-state index contributed by atoms with van der Waals surface area (Å²) in [4.78, 5) is 17.6. The number of hydrogen-bond donors (Lipinski definition) is 0. The summed E-state index contributed by atoms with van der Waals surface area (Å²) >= 11 is 0. The van der Waals surface area contributed by atoms with Crippen LogP contribution in [0.15, 0.2) is 473 Å². The van der Waals surface area contributed by atoms with Gasteiger partial charge in [-0.1, -0.05) is 182 Å². The molecule has 18 aromatic rings. The Morgan fingerprint density at radius 2 is 0.254 bits per heavy atom. The molecule has 0 unspecified atom stereocenters. The van der Waals surface area contributed by atoms with Gasteiger partial charge in [-0.25, -0.2) is 13.2 Å². The molecular weight excluding hydrogens is 1500 g/mol. The zero-order chi connectivity index (χ0) is 83.1. The third kappa shape index (κ3) is 17.6. The van der Waals surface area contributed by atoms with Crippen molar-refractivity contribution in [2.45, 2.75) is 20.8 Å². The SMILES string of the molecule is Cc1cc(N(c2ccc(N(c3ccccc3)c3ccccc3)c(C)c2)c2ccc(N(c3ccccc3)c3ccccc3)c(C)c2)ccc1N(c1ccccc1)c1ccccc1.Fc1cccc(N(c2ccccc2)c2ccc(N(c3ccc(N(c4ccccc4)c4cccc(F)c4)cc3)c3ccc(N(c4ccccc4)c4cccc(F)c4)cc3)cc2)c1. The van der Waals surface area contributed by atoms with Crippen LogP contribution in [0.3, 0.4) is 0 Å². The Morgan fingerprint density at radius 3 is 0.426 bits per heavy atom. The lowest BCUT2D eigenvalue weighted by atomic mass is 10.0. The molecule has 0 aliphatic rings. The highest BCUT2D eigenvalue weighted by molar-refractivity contribution is 5.90. The number of benzene rings is 18. The quantitative estimate of drug-likeness (QED) is 0.0591. The van der Waals surface area contributed by atoms with Crippen molar-refractivity contribution < 1.29 is 13.2 Å². The first-order valence-electron chi connectivity index (χ1n) is 40.8. The monoisotopic (exact) mass is 1590 g/mol. The molecule has 592 valence electrons. The molecule has 0 spiro atoms. The van der Waals surface area contributed by atoms with Gasteiger partial charge in [-0.3, -0.25) is 0 Å². The van der Waals surface area contributed by atoms with Crippen LogP contribution in [0.2, 0.25) is 0 Å². The molecule has 0 aliphatic carbocycles. The molecule has 18 aromatic carbocycles. The molecular formula is C111H87F3N8. The van der Waals surface area contributed by atoms with E-state index in [9.17, 15) is 13.2 Å². The summed E-state index contributed by atoms with van der Waals surface area (Å²) in [5, 5.41) is 0. The maximum atomic E-state index is 14.6. The fourth-order valence-electron chi connectivity index (χ4n) is 15.9. The summed E-state index contributed by atoms with van der Waals surface area (Å²) in [5.41, 5.74) is 26.8. The highest BCUT2D eigenvalue weighted by Crippen LogP contribution is 2.49. The van der Waals surface area contributed by atoms with E-state index in [2.05, 4.69) is 318 Å². The summed E-state index contributed by atoms with van der Waals surface area (Å²) in [6, 6.07) is 158. The zero-order valence-electron chi connectivity index (χ0n) is 67.7. The van der Waals surface area contributed by atoms with Crippen molar-refractivity contribution >= 4 is 136 Å². The molecule has 0 bridgehead atoms. The standard InChI is InChI=1S/C57H48N4.C54H39F3N4/c1-43-40-52(34-37-55(43)59(46-22-10-4-11-23-46)47-24-12-5-13-25-47)58(53-35-38-56(44(2)41-53)60(48-26-14-6-15-27-48)49-28-16-7-17-29-49)54-36-39-57(45(3)42-54)61(50-30-18-8-19-31-50)51-32-20-9-21-33-51;55-40-13-10-22-52(37-40)59(43-16-4-1-5-17-43)49-31-25-46(26-32-49)58(47-27-33-50(34-28-47)60(44-18-6-2-7-19-44)53-23-11-14-41(56)38-53)48-29-35-51(36-30-48)61(45-20-8-3-9-21-45)54-24-12-15-42(57)39-54/h4-42H,1-3H3;1-39H. The topological polar surface area (TPSA) is 25.9 Å². The van der Waals surface area contributed by atoms with Crippen LogP contribution in [0.25, 0.3) is 0 Å². The second kappa shape index (κ2) is 36.8. The maximum Gasteiger partial charge on any atom is 0.125 e. The summed E-state index contributed by atoms with van der Waals surface area (Å²) < 4.78 is 43.8. The van der Waals surface area contributed by atoms with E-state index in [0.717, 1.165) is 136 Å². The van der Waals surface area contributed by atoms with Gasteiger partial charge in [0.1, 0.15) is 17.5 Å². The highest BCUT2D eigenvalue weighted by atomic mass is 19.1. The number of halogens is 3. The highest BCUT2D eigenvalue weighted by Gasteiger charge is 2.26. The smallest absolute Gasteiger partial charge is 0.125 e. The predicted molar refractivity (Wildman–Crippen MR) is 504 cm³/mol. The summed E-state index contributed by atoms with van der Waals surface area (Å²) in [6.45, 7) is 6.65. The van der Waals surface area contributed by atoms with Crippen LogP contribution < -0.4 is 39.2 Å². The van der Waals surface area contributed by atoms with Crippen molar-refractivity contribution in [3.05, 3.63) is 507 Å². The Balaban J connectivity index is 0.000000173. The van der Waals surface area contributed by atoms with Gasteiger partial charge in [0.2, 0.25) is 0 Å². The van der Waals surface area contributed by atoms with E-state index in [1.165, 1.54) is 36.4 Å². The van der Waals surface area contributed by atoms with Crippen molar-refractivity contribution in [3.63, 3.8) is 0 Å². The number of hydrogen-bond acceptors (Lipinski definition) is 8. The molecule has 0 N–H and O–H groups in total. The molecule has 18 rings (SSSR count). The average molecular weight is 1590 g/mol. The minimum absolute atomic E-state index is 0.320. The minimum Gasteiger partial charge on any atom is -0.310 e. The molecule has 0 saturated carbocycles. The number of aryl methyl sites for hydroxylation is 3. The van der Waals surface area contributed by atoms with Crippen molar-refractivity contribution in [2.24, 2.45) is 0 Å². The molecule has 0 aliphatic heterocycles. The number of para-hydroxylation sites is 9. The summed E-state index contributed by atoms with van der Waals surface area (Å²) in [7, 11) is 0. The maximum absolute atomic E-state index is 14.6. The van der Waals surface area contributed by atoms with Gasteiger partial charge in [0, 0.05) is 136 Å². The van der Waals surface area contributed by atoms with Gasteiger partial charge in [0.05, 0.1) is 0 Å². The minimum atomic E-state index is -0.320. The Hall–Kier alpha value is -15.9. The lowest BCUT2D eigenvalue weighted by molar-refractivity contribution is 0.627. The van der Waals surface area contributed by atoms with Crippen LogP contribution in [0.1, 0.15) is 16.7 Å². The zero-order valence-corrected chi connectivity index (χ0v) is 67.7. The molecule has 0 aromatic heterocycles. The van der Waals surface area contributed by atoms with Crippen molar-refractivity contribution in [3.8, 4) is 0 Å². The van der Waals surface area contributed by atoms with Crippen LogP contribution in [0, 0.1) is 38.2 Å². The fraction of sp³-hybridized carbons (Fsp3) is 0.0270. The summed E-state index contributed by atoms with van der Waals surface area (Å²) in [6.07, 6.45) is 0. The van der Waals surface area contributed by atoms with Gasteiger partial charge in [-0.2, -0.15) is 0 Å². The van der Waals surface area contributed by atoms with E-state index in [1.807, 2.05) is 160 Å². The largest absolute Gasteiger partial charge is 0.310 e. The third-order valence-electron chi connectivity index (χ3n) is 21.5. The first-order valence-corrected chi connectivity index (χ1v) is 40.8. The normalized spacial score (nSPS) is 10.9. The Morgan fingerprint density at radius 1 is 0.123 bits per heavy atom. The molecule has 8 nitrogen and oxygen atoms in total. The van der Waals surface area contributed by atoms with Gasteiger partial charge in [0.25, 0.3) is 0 Å². The first-order chi connectivity index (χ1) is 60.0. The van der Waals surface area contributed by atoms with E-state index in [1.54, 1.807) is 18.2 Å². The number of anilines is 24. The number of nitrogens with zero attached hydrogens (tertiary/aromatic N) is 8. The van der Waals surface area contributed by atoms with Crippen molar-refractivity contribution in [2.75, 3.05) is 39.2 Å². The lowest BCUT2D eigenvalue weighted by Gasteiger charge is -2.32. The van der Waals surface area contributed by atoms with E-state index >= 15 is 0 Å². The molecule has 0 heterocycles. The van der Waals surface area contributed by atoms with Crippen molar-refractivity contribution in [1.82, 2.24) is 0 Å². The first kappa shape index (κ1) is 78.7. The molecule has 0 saturated heterocycles. The number of rotatable bonds is 24. The van der Waals surface area contributed by atoms with Crippen molar-refractivity contribution in [1.29, 1.82) is 0 Å². The lowest BCUT2D eigenvalue weighted by Crippen LogP contribution is -2.15. The molecule has 11 heteroatoms. The molecule has 0 amide bonds. The predicted octanol–water partition coefficient (Wildman–Crippen LogP) is 32.5. The van der Waals surface area contributed by atoms with E-state index in [-0.39, 0.29) is 17.5 Å². The third-order valence-corrected chi connectivity index (χ3v) is 21.5. The second-order valence-electron chi connectivity index (χ2n) is 29.6. The van der Waals surface area contributed by atoms with Crippen LogP contribution >= 0.6 is 0 Å². The van der Waals surface area contributed by atoms with Crippen LogP contribution in [0.5, 0.6) is 0 Å². The fourth-order valence-corrected chi connectivity index (χ4v) is 15.9. The van der Waals surface area contributed by atoms with Gasteiger partial charge in [-0.05, 0) is 329 Å². The molecule has 122 heavy (non-hydrogen) atoms. The van der Waals surface area contributed by atoms with E-state index < -0.39 is 0 Å². The Kier molecular flexibility index (Phi) is 23.7.